The number of hydrogen-bond donors (Lipinski definition) is 1. The van der Waals surface area contributed by atoms with Gasteiger partial charge in [0.2, 0.25) is 5.91 Å². The number of nitrogens with two attached hydrogens (primary N) is 1. The first kappa shape index (κ1) is 21.7. The Hall–Kier alpha value is -3.49. The summed E-state index contributed by atoms with van der Waals surface area (Å²) in [5.41, 5.74) is 9.28. The molecule has 1 amide bonds. The van der Waals surface area contributed by atoms with Crippen LogP contribution in [0.25, 0.3) is 11.3 Å². The van der Waals surface area contributed by atoms with Crippen LogP contribution in [0.3, 0.4) is 0 Å². The fourth-order valence-electron chi connectivity index (χ4n) is 3.87. The van der Waals surface area contributed by atoms with Gasteiger partial charge in [0, 0.05) is 30.8 Å². The van der Waals surface area contributed by atoms with Gasteiger partial charge in [-0.2, -0.15) is 0 Å². The minimum Gasteiger partial charge on any atom is -0.397 e. The van der Waals surface area contributed by atoms with Crippen LogP contribution in [0.5, 0.6) is 0 Å². The molecule has 2 N–H and O–H groups in total. The van der Waals surface area contributed by atoms with Crippen molar-refractivity contribution in [2.45, 2.75) is 32.1 Å². The van der Waals surface area contributed by atoms with Gasteiger partial charge in [-0.1, -0.05) is 0 Å². The van der Waals surface area contributed by atoms with Crippen LogP contribution in [0, 0.1) is 12.7 Å². The lowest BCUT2D eigenvalue weighted by Crippen LogP contribution is -2.30. The number of amides is 1. The number of carbonyl (C=O) groups is 1. The second-order valence-corrected chi connectivity index (χ2v) is 7.86. The highest BCUT2D eigenvalue weighted by atomic mass is 19.3. The maximum absolute atomic E-state index is 13.4. The van der Waals surface area contributed by atoms with E-state index in [1.54, 1.807) is 30.0 Å². The summed E-state index contributed by atoms with van der Waals surface area (Å²) in [4.78, 5) is 27.0. The molecule has 3 heterocycles. The molecule has 4 rings (SSSR count). The summed E-state index contributed by atoms with van der Waals surface area (Å²) in [7, 11) is 0. The Morgan fingerprint density at radius 3 is 2.72 bits per heavy atom. The third kappa shape index (κ3) is 4.56. The lowest BCUT2D eigenvalue weighted by atomic mass is 10.0. The molecule has 2 aromatic heterocycles. The molecular weight excluding hydrogens is 419 g/mol. The van der Waals surface area contributed by atoms with E-state index in [2.05, 4.69) is 15.0 Å². The van der Waals surface area contributed by atoms with E-state index in [0.717, 1.165) is 17.3 Å². The number of aryl methyl sites for hydroxylation is 1. The van der Waals surface area contributed by atoms with Gasteiger partial charge in [0.25, 0.3) is 6.43 Å². The summed E-state index contributed by atoms with van der Waals surface area (Å²) >= 11 is 0. The Labute approximate surface area is 183 Å². The Morgan fingerprint density at radius 2 is 2.03 bits per heavy atom. The smallest absolute Gasteiger partial charge is 0.281 e. The molecule has 1 unspecified atom stereocenters. The predicted molar refractivity (Wildman–Crippen MR) is 113 cm³/mol. The maximum atomic E-state index is 13.4. The summed E-state index contributed by atoms with van der Waals surface area (Å²) in [5.74, 6) is -0.511. The number of benzene rings is 1. The second-order valence-electron chi connectivity index (χ2n) is 7.86. The SMILES string of the molecule is Cc1cc(F)ccc1-c1ccc(N)c(CC(=O)N2CCC(c3cnc(C(F)F)cn3)C2)n1. The van der Waals surface area contributed by atoms with Gasteiger partial charge in [0.05, 0.1) is 35.4 Å². The van der Waals surface area contributed by atoms with E-state index in [1.807, 2.05) is 0 Å². The molecule has 0 radical (unpaired) electrons. The predicted octanol–water partition coefficient (Wildman–Crippen LogP) is 4.06. The third-order valence-corrected chi connectivity index (χ3v) is 5.67. The highest BCUT2D eigenvalue weighted by molar-refractivity contribution is 5.80. The van der Waals surface area contributed by atoms with Crippen molar-refractivity contribution in [2.24, 2.45) is 0 Å². The first-order chi connectivity index (χ1) is 15.3. The van der Waals surface area contributed by atoms with Gasteiger partial charge >= 0.3 is 0 Å². The summed E-state index contributed by atoms with van der Waals surface area (Å²) in [5, 5.41) is 0. The minimum absolute atomic E-state index is 0.0304. The summed E-state index contributed by atoms with van der Waals surface area (Å²) in [6.45, 7) is 2.75. The van der Waals surface area contributed by atoms with Crippen LogP contribution in [0.4, 0.5) is 18.9 Å². The Bertz CT molecular complexity index is 1140. The zero-order chi connectivity index (χ0) is 22.8. The number of rotatable bonds is 5. The van der Waals surface area contributed by atoms with Gasteiger partial charge in [0.15, 0.2) is 0 Å². The van der Waals surface area contributed by atoms with Crippen LogP contribution in [-0.2, 0) is 11.2 Å². The average Bonchev–Trinajstić information content (AvgIpc) is 3.26. The zero-order valence-corrected chi connectivity index (χ0v) is 17.4. The Balaban J connectivity index is 1.46. The van der Waals surface area contributed by atoms with Crippen molar-refractivity contribution >= 4 is 11.6 Å². The van der Waals surface area contributed by atoms with Crippen LogP contribution in [0.1, 0.15) is 41.4 Å². The summed E-state index contributed by atoms with van der Waals surface area (Å²) in [6, 6.07) is 7.89. The van der Waals surface area contributed by atoms with E-state index in [0.29, 0.717) is 42.3 Å². The topological polar surface area (TPSA) is 85.0 Å². The van der Waals surface area contributed by atoms with E-state index in [4.69, 9.17) is 5.73 Å². The number of hydrogen-bond acceptors (Lipinski definition) is 5. The Kier molecular flexibility index (Phi) is 6.07. The molecule has 1 fully saturated rings. The quantitative estimate of drug-likeness (QED) is 0.645. The van der Waals surface area contributed by atoms with Crippen LogP contribution >= 0.6 is 0 Å². The molecule has 0 spiro atoms. The van der Waals surface area contributed by atoms with Gasteiger partial charge in [-0.25, -0.2) is 13.2 Å². The summed E-state index contributed by atoms with van der Waals surface area (Å²) in [6.07, 6.45) is 0.478. The van der Waals surface area contributed by atoms with Crippen molar-refractivity contribution in [3.05, 3.63) is 71.2 Å². The average molecular weight is 441 g/mol. The molecule has 6 nitrogen and oxygen atoms in total. The fourth-order valence-corrected chi connectivity index (χ4v) is 3.87. The van der Waals surface area contributed by atoms with Gasteiger partial charge in [-0.3, -0.25) is 19.7 Å². The van der Waals surface area contributed by atoms with Crippen LogP contribution in [-0.4, -0.2) is 38.8 Å². The number of anilines is 1. The lowest BCUT2D eigenvalue weighted by Gasteiger charge is -2.17. The molecule has 3 aromatic rings. The van der Waals surface area contributed by atoms with E-state index < -0.39 is 6.43 Å². The molecule has 1 aliphatic rings. The van der Waals surface area contributed by atoms with Gasteiger partial charge in [-0.05, 0) is 49.2 Å². The van der Waals surface area contributed by atoms with Crippen molar-refractivity contribution in [1.82, 2.24) is 19.9 Å². The molecule has 1 saturated heterocycles. The molecule has 1 aromatic carbocycles. The number of carbonyl (C=O) groups excluding carboxylic acids is 1. The van der Waals surface area contributed by atoms with Crippen molar-refractivity contribution in [3.8, 4) is 11.3 Å². The number of halogens is 3. The Morgan fingerprint density at radius 1 is 1.22 bits per heavy atom. The zero-order valence-electron chi connectivity index (χ0n) is 17.4. The van der Waals surface area contributed by atoms with Crippen molar-refractivity contribution < 1.29 is 18.0 Å². The highest BCUT2D eigenvalue weighted by Crippen LogP contribution is 2.28. The molecule has 0 saturated carbocycles. The first-order valence-electron chi connectivity index (χ1n) is 10.2. The van der Waals surface area contributed by atoms with Crippen LogP contribution in [0.15, 0.2) is 42.7 Å². The fraction of sp³-hybridized carbons (Fsp3) is 0.304. The monoisotopic (exact) mass is 441 g/mol. The van der Waals surface area contributed by atoms with Crippen molar-refractivity contribution in [3.63, 3.8) is 0 Å². The van der Waals surface area contributed by atoms with Gasteiger partial charge in [0.1, 0.15) is 11.5 Å². The third-order valence-electron chi connectivity index (χ3n) is 5.67. The highest BCUT2D eigenvalue weighted by Gasteiger charge is 2.29. The largest absolute Gasteiger partial charge is 0.397 e. The maximum Gasteiger partial charge on any atom is 0.281 e. The van der Waals surface area contributed by atoms with Crippen molar-refractivity contribution in [1.29, 1.82) is 0 Å². The second kappa shape index (κ2) is 8.94. The molecule has 1 atom stereocenters. The molecule has 9 heteroatoms. The van der Waals surface area contributed by atoms with Gasteiger partial charge in [-0.15, -0.1) is 0 Å². The molecule has 32 heavy (non-hydrogen) atoms. The number of likely N-dealkylation sites (tertiary alicyclic amines) is 1. The number of alkyl halides is 2. The normalized spacial score (nSPS) is 16.0. The van der Waals surface area contributed by atoms with Gasteiger partial charge < -0.3 is 10.6 Å². The molecular formula is C23H22F3N5O. The number of pyridine rings is 1. The van der Waals surface area contributed by atoms with E-state index in [-0.39, 0.29) is 29.8 Å². The molecule has 0 bridgehead atoms. The molecule has 166 valence electrons. The number of nitrogen functional groups attached to an aromatic ring is 1. The standard InChI is InChI=1S/C23H22F3N5O/c1-13-8-15(24)2-3-16(13)18-5-4-17(27)19(30-18)9-22(32)31-7-6-14(12-31)20-10-29-21(11-28-20)23(25)26/h2-5,8,10-11,14,23H,6-7,9,12,27H2,1H3. The van der Waals surface area contributed by atoms with Crippen LogP contribution < -0.4 is 5.73 Å². The van der Waals surface area contributed by atoms with Crippen LogP contribution in [0.2, 0.25) is 0 Å². The van der Waals surface area contributed by atoms with E-state index in [9.17, 15) is 18.0 Å². The van der Waals surface area contributed by atoms with Crippen molar-refractivity contribution in [2.75, 3.05) is 18.8 Å². The molecule has 0 aliphatic carbocycles. The molecule has 1 aliphatic heterocycles. The minimum atomic E-state index is -2.66. The summed E-state index contributed by atoms with van der Waals surface area (Å²) < 4.78 is 38.8. The lowest BCUT2D eigenvalue weighted by molar-refractivity contribution is -0.129. The van der Waals surface area contributed by atoms with E-state index >= 15 is 0 Å². The van der Waals surface area contributed by atoms with E-state index in [1.165, 1.54) is 18.3 Å². The first-order valence-corrected chi connectivity index (χ1v) is 10.2. The number of aromatic nitrogens is 3. The number of nitrogens with zero attached hydrogens (tertiary/aromatic N) is 4.